The number of hydrogen-bond donors (Lipinski definition) is 1. The molecule has 0 saturated heterocycles. The first-order valence-electron chi connectivity index (χ1n) is 4.63. The van der Waals surface area contributed by atoms with E-state index in [0.717, 1.165) is 0 Å². The topological polar surface area (TPSA) is 101 Å². The number of aromatic nitrogens is 2. The van der Waals surface area contributed by atoms with Crippen LogP contribution in [0.4, 0.5) is 17.3 Å². The average molecular weight is 259 g/mol. The minimum atomic E-state index is -1.40. The average Bonchev–Trinajstić information content (AvgIpc) is 2.26. The van der Waals surface area contributed by atoms with E-state index < -0.39 is 15.7 Å². The normalized spacial score (nSPS) is 12.0. The van der Waals surface area contributed by atoms with Crippen LogP contribution in [0.3, 0.4) is 0 Å². The third-order valence-electron chi connectivity index (χ3n) is 1.95. The minimum absolute atomic E-state index is 0.0545. The van der Waals surface area contributed by atoms with Crippen molar-refractivity contribution in [2.45, 2.75) is 5.16 Å². The summed E-state index contributed by atoms with van der Waals surface area (Å²) in [5, 5.41) is 13.6. The van der Waals surface area contributed by atoms with E-state index in [4.69, 9.17) is 0 Å². The molecule has 1 unspecified atom stereocenters. The van der Waals surface area contributed by atoms with Crippen LogP contribution in [0.25, 0.3) is 0 Å². The van der Waals surface area contributed by atoms with Crippen LogP contribution in [-0.2, 0) is 10.8 Å². The molecule has 0 aliphatic carbocycles. The van der Waals surface area contributed by atoms with E-state index in [0.29, 0.717) is 0 Å². The van der Waals surface area contributed by atoms with Gasteiger partial charge in [0.1, 0.15) is 0 Å². The summed E-state index contributed by atoms with van der Waals surface area (Å²) in [6, 6.07) is 0. The molecule has 0 aliphatic rings. The van der Waals surface area contributed by atoms with Gasteiger partial charge in [-0.2, -0.15) is 9.97 Å². The number of nitro groups is 1. The summed E-state index contributed by atoms with van der Waals surface area (Å²) in [6.45, 7) is 0. The van der Waals surface area contributed by atoms with E-state index in [9.17, 15) is 14.3 Å². The molecule has 1 rings (SSSR count). The van der Waals surface area contributed by atoms with Crippen molar-refractivity contribution < 1.29 is 9.13 Å². The van der Waals surface area contributed by atoms with Gasteiger partial charge in [0.15, 0.2) is 0 Å². The van der Waals surface area contributed by atoms with Gasteiger partial charge in [0, 0.05) is 27.4 Å². The van der Waals surface area contributed by atoms with Crippen molar-refractivity contribution in [1.29, 1.82) is 0 Å². The third-order valence-corrected chi connectivity index (χ3v) is 2.64. The maximum Gasteiger partial charge on any atom is 0.353 e. The van der Waals surface area contributed by atoms with Crippen LogP contribution >= 0.6 is 0 Å². The lowest BCUT2D eigenvalue weighted by atomic mass is 10.4. The highest BCUT2D eigenvalue weighted by atomic mass is 32.2. The molecular weight excluding hydrogens is 246 g/mol. The standard InChI is InChI=1S/C8H13N5O3S/c1-9-6-5(13(14)15)7(12(2)3)11-8(10-6)17(4)16/h1-4H3,(H,9,10,11). The number of anilines is 2. The minimum Gasteiger partial charge on any atom is -0.367 e. The molecular formula is C8H13N5O3S. The molecule has 0 fully saturated rings. The summed E-state index contributed by atoms with van der Waals surface area (Å²) in [4.78, 5) is 19.7. The predicted molar refractivity (Wildman–Crippen MR) is 64.9 cm³/mol. The summed E-state index contributed by atoms with van der Waals surface area (Å²) in [5.41, 5.74) is -0.230. The van der Waals surface area contributed by atoms with Crippen LogP contribution in [0.2, 0.25) is 0 Å². The lowest BCUT2D eigenvalue weighted by molar-refractivity contribution is -0.383. The third kappa shape index (κ3) is 2.67. The molecule has 9 heteroatoms. The predicted octanol–water partition coefficient (Wildman–Crippen LogP) is 0.230. The van der Waals surface area contributed by atoms with Crippen molar-refractivity contribution >= 4 is 28.1 Å². The summed E-state index contributed by atoms with van der Waals surface area (Å²) in [7, 11) is 3.35. The van der Waals surface area contributed by atoms with Crippen LogP contribution in [0.5, 0.6) is 0 Å². The zero-order valence-electron chi connectivity index (χ0n) is 9.92. The van der Waals surface area contributed by atoms with Gasteiger partial charge in [0.2, 0.25) is 16.8 Å². The van der Waals surface area contributed by atoms with Gasteiger partial charge in [-0.3, -0.25) is 14.3 Å². The molecule has 94 valence electrons. The first-order chi connectivity index (χ1) is 7.88. The fourth-order valence-electron chi connectivity index (χ4n) is 1.21. The molecule has 0 spiro atoms. The van der Waals surface area contributed by atoms with E-state index in [1.54, 1.807) is 14.1 Å². The lowest BCUT2D eigenvalue weighted by Crippen LogP contribution is -2.17. The Bertz CT molecular complexity index is 476. The zero-order valence-corrected chi connectivity index (χ0v) is 10.7. The highest BCUT2D eigenvalue weighted by molar-refractivity contribution is 7.84. The number of hydrogen-bond acceptors (Lipinski definition) is 7. The number of nitrogens with zero attached hydrogens (tertiary/aromatic N) is 4. The Balaban J connectivity index is 3.57. The van der Waals surface area contributed by atoms with Gasteiger partial charge >= 0.3 is 5.69 Å². The molecule has 0 radical (unpaired) electrons. The molecule has 1 aromatic rings. The molecule has 0 amide bonds. The van der Waals surface area contributed by atoms with E-state index in [2.05, 4.69) is 15.3 Å². The van der Waals surface area contributed by atoms with Gasteiger partial charge in [-0.05, 0) is 0 Å². The van der Waals surface area contributed by atoms with Crippen LogP contribution in [-0.4, -0.2) is 46.5 Å². The molecule has 0 aliphatic heterocycles. The van der Waals surface area contributed by atoms with Gasteiger partial charge in [-0.1, -0.05) is 0 Å². The van der Waals surface area contributed by atoms with Crippen molar-refractivity contribution in [3.63, 3.8) is 0 Å². The molecule has 0 bridgehead atoms. The molecule has 1 aromatic heterocycles. The monoisotopic (exact) mass is 259 g/mol. The van der Waals surface area contributed by atoms with Crippen LogP contribution in [0, 0.1) is 10.1 Å². The Morgan fingerprint density at radius 1 is 1.41 bits per heavy atom. The van der Waals surface area contributed by atoms with Crippen molar-refractivity contribution in [3.8, 4) is 0 Å². The highest BCUT2D eigenvalue weighted by Crippen LogP contribution is 2.31. The molecule has 1 N–H and O–H groups in total. The van der Waals surface area contributed by atoms with Gasteiger partial charge in [0.05, 0.1) is 15.7 Å². The van der Waals surface area contributed by atoms with Crippen molar-refractivity contribution in [2.24, 2.45) is 0 Å². The Morgan fingerprint density at radius 3 is 2.35 bits per heavy atom. The quantitative estimate of drug-likeness (QED) is 0.469. The smallest absolute Gasteiger partial charge is 0.353 e. The zero-order chi connectivity index (χ0) is 13.2. The van der Waals surface area contributed by atoms with E-state index in [1.807, 2.05) is 0 Å². The molecule has 1 heterocycles. The van der Waals surface area contributed by atoms with E-state index in [1.165, 1.54) is 18.2 Å². The van der Waals surface area contributed by atoms with Crippen molar-refractivity contribution in [2.75, 3.05) is 37.6 Å². The summed E-state index contributed by atoms with van der Waals surface area (Å²) in [6.07, 6.45) is 1.42. The number of rotatable bonds is 4. The summed E-state index contributed by atoms with van der Waals surface area (Å²) >= 11 is 0. The van der Waals surface area contributed by atoms with E-state index in [-0.39, 0.29) is 22.5 Å². The number of nitrogens with one attached hydrogen (secondary N) is 1. The SMILES string of the molecule is CNc1nc(S(C)=O)nc(N(C)C)c1[N+](=O)[O-]. The maximum atomic E-state index is 11.3. The van der Waals surface area contributed by atoms with Crippen molar-refractivity contribution in [1.82, 2.24) is 9.97 Å². The van der Waals surface area contributed by atoms with Gasteiger partial charge in [0.25, 0.3) is 0 Å². The maximum absolute atomic E-state index is 11.3. The van der Waals surface area contributed by atoms with Gasteiger partial charge in [-0.25, -0.2) is 0 Å². The fraction of sp³-hybridized carbons (Fsp3) is 0.500. The van der Waals surface area contributed by atoms with Gasteiger partial charge < -0.3 is 10.2 Å². The Kier molecular flexibility index (Phi) is 3.94. The second kappa shape index (κ2) is 5.04. The Hall–Kier alpha value is -1.77. The second-order valence-electron chi connectivity index (χ2n) is 3.38. The van der Waals surface area contributed by atoms with Crippen LogP contribution in [0.15, 0.2) is 5.16 Å². The van der Waals surface area contributed by atoms with E-state index >= 15 is 0 Å². The molecule has 1 atom stereocenters. The Morgan fingerprint density at radius 2 is 2.00 bits per heavy atom. The summed E-state index contributed by atoms with van der Waals surface area (Å²) in [5.74, 6) is 0.179. The van der Waals surface area contributed by atoms with Crippen LogP contribution in [0.1, 0.15) is 0 Å². The Labute approximate surface area is 101 Å². The van der Waals surface area contributed by atoms with Crippen LogP contribution < -0.4 is 10.2 Å². The molecule has 0 aromatic carbocycles. The first kappa shape index (κ1) is 13.3. The van der Waals surface area contributed by atoms with Crippen molar-refractivity contribution in [3.05, 3.63) is 10.1 Å². The molecule has 8 nitrogen and oxygen atoms in total. The van der Waals surface area contributed by atoms with Gasteiger partial charge in [-0.15, -0.1) is 0 Å². The first-order valence-corrected chi connectivity index (χ1v) is 6.19. The molecule has 17 heavy (non-hydrogen) atoms. The lowest BCUT2D eigenvalue weighted by Gasteiger charge is -2.13. The largest absolute Gasteiger partial charge is 0.367 e. The highest BCUT2D eigenvalue weighted by Gasteiger charge is 2.26. The summed E-state index contributed by atoms with van der Waals surface area (Å²) < 4.78 is 11.3. The fourth-order valence-corrected chi connectivity index (χ4v) is 1.64. The molecule has 0 saturated carbocycles. The second-order valence-corrected chi connectivity index (χ2v) is 4.66.